The summed E-state index contributed by atoms with van der Waals surface area (Å²) in [6.07, 6.45) is 6.68. The Morgan fingerprint density at radius 2 is 2.42 bits per heavy atom. The summed E-state index contributed by atoms with van der Waals surface area (Å²) in [4.78, 5) is 8.75. The van der Waals surface area contributed by atoms with Gasteiger partial charge < -0.3 is 4.57 Å². The van der Waals surface area contributed by atoms with Crippen LogP contribution in [0.5, 0.6) is 0 Å². The summed E-state index contributed by atoms with van der Waals surface area (Å²) in [5.74, 6) is 0. The van der Waals surface area contributed by atoms with Crippen LogP contribution in [0.15, 0.2) is 29.5 Å². The highest BCUT2D eigenvalue weighted by Crippen LogP contribution is 2.21. The van der Waals surface area contributed by atoms with Crippen LogP contribution in [0.2, 0.25) is 0 Å². The number of aliphatic imine (C=N–C) groups is 1. The van der Waals surface area contributed by atoms with Gasteiger partial charge in [-0.3, -0.25) is 5.32 Å². The Hall–Kier alpha value is -2.00. The Kier molecular flexibility index (Phi) is 4.42. The van der Waals surface area contributed by atoms with E-state index in [2.05, 4.69) is 26.8 Å². The summed E-state index contributed by atoms with van der Waals surface area (Å²) in [6.45, 7) is 3.11. The van der Waals surface area contributed by atoms with Gasteiger partial charge in [-0.1, -0.05) is 18.7 Å². The number of hydrogen-bond donors (Lipinski definition) is 1. The van der Waals surface area contributed by atoms with Gasteiger partial charge in [-0.15, -0.1) is 0 Å². The fourth-order valence-electron chi connectivity index (χ4n) is 1.83. The maximum absolute atomic E-state index is 8.61. The molecule has 1 heterocycles. The van der Waals surface area contributed by atoms with Crippen LogP contribution < -0.4 is 5.32 Å². The van der Waals surface area contributed by atoms with E-state index in [4.69, 9.17) is 5.26 Å². The highest BCUT2D eigenvalue weighted by atomic mass is 32.2. The van der Waals surface area contributed by atoms with Crippen molar-refractivity contribution >= 4 is 33.7 Å². The molecule has 5 nitrogen and oxygen atoms in total. The van der Waals surface area contributed by atoms with E-state index in [0.717, 1.165) is 29.7 Å². The number of benzene rings is 1. The van der Waals surface area contributed by atoms with E-state index < -0.39 is 0 Å². The Balaban J connectivity index is 2.35. The van der Waals surface area contributed by atoms with Crippen LogP contribution in [0.3, 0.4) is 0 Å². The van der Waals surface area contributed by atoms with E-state index in [9.17, 15) is 0 Å². The largest absolute Gasteiger partial charge is 0.331 e. The molecule has 0 bridgehead atoms. The summed E-state index contributed by atoms with van der Waals surface area (Å²) < 4.78 is 2.13. The topological polar surface area (TPSA) is 66.0 Å². The first-order chi connectivity index (χ1) is 9.28. The van der Waals surface area contributed by atoms with Gasteiger partial charge in [0.05, 0.1) is 23.0 Å². The van der Waals surface area contributed by atoms with Crippen molar-refractivity contribution in [1.82, 2.24) is 14.9 Å². The monoisotopic (exact) mass is 273 g/mol. The molecule has 0 aliphatic carbocycles. The van der Waals surface area contributed by atoms with Gasteiger partial charge in [0.2, 0.25) is 0 Å². The number of hydrogen-bond acceptors (Lipinski definition) is 4. The minimum atomic E-state index is 0.579. The van der Waals surface area contributed by atoms with Crippen molar-refractivity contribution in [1.29, 1.82) is 5.26 Å². The first-order valence-electron chi connectivity index (χ1n) is 6.01. The van der Waals surface area contributed by atoms with E-state index in [1.54, 1.807) is 0 Å². The van der Waals surface area contributed by atoms with Gasteiger partial charge in [-0.2, -0.15) is 5.26 Å². The summed E-state index contributed by atoms with van der Waals surface area (Å²) in [6, 6.07) is 5.88. The maximum Gasteiger partial charge on any atom is 0.183 e. The van der Waals surface area contributed by atoms with Gasteiger partial charge in [-0.05, 0) is 30.9 Å². The van der Waals surface area contributed by atoms with Crippen molar-refractivity contribution in [3.8, 4) is 6.19 Å². The lowest BCUT2D eigenvalue weighted by Gasteiger charge is -2.02. The van der Waals surface area contributed by atoms with Crippen molar-refractivity contribution in [3.05, 3.63) is 24.5 Å². The Morgan fingerprint density at radius 3 is 3.11 bits per heavy atom. The first kappa shape index (κ1) is 13.4. The van der Waals surface area contributed by atoms with E-state index >= 15 is 0 Å². The lowest BCUT2D eigenvalue weighted by atomic mass is 10.3. The normalized spacial score (nSPS) is 11.5. The third-order valence-electron chi connectivity index (χ3n) is 2.66. The zero-order valence-electron chi connectivity index (χ0n) is 10.9. The van der Waals surface area contributed by atoms with Crippen LogP contribution in [0.1, 0.15) is 13.3 Å². The number of amidine groups is 1. The molecule has 0 atom stereocenters. The van der Waals surface area contributed by atoms with Gasteiger partial charge in [-0.25, -0.2) is 9.98 Å². The molecule has 0 aliphatic heterocycles. The van der Waals surface area contributed by atoms with Crippen molar-refractivity contribution in [2.45, 2.75) is 19.9 Å². The van der Waals surface area contributed by atoms with Crippen LogP contribution in [0.25, 0.3) is 11.0 Å². The summed E-state index contributed by atoms with van der Waals surface area (Å²) >= 11 is 1.40. The average Bonchev–Trinajstić information content (AvgIpc) is 2.81. The molecular weight excluding hydrogens is 258 g/mol. The predicted molar refractivity (Wildman–Crippen MR) is 79.4 cm³/mol. The molecule has 0 saturated carbocycles. The summed E-state index contributed by atoms with van der Waals surface area (Å²) in [5.41, 5.74) is 2.83. The van der Waals surface area contributed by atoms with E-state index in [0.29, 0.717) is 5.17 Å². The number of fused-ring (bicyclic) bond motifs is 1. The highest BCUT2D eigenvalue weighted by molar-refractivity contribution is 8.13. The molecule has 19 heavy (non-hydrogen) atoms. The molecule has 2 rings (SSSR count). The van der Waals surface area contributed by atoms with Crippen molar-refractivity contribution in [2.75, 3.05) is 6.26 Å². The van der Waals surface area contributed by atoms with Crippen LogP contribution in [0.4, 0.5) is 5.69 Å². The number of rotatable bonds is 3. The quantitative estimate of drug-likeness (QED) is 0.404. The summed E-state index contributed by atoms with van der Waals surface area (Å²) in [5, 5.41) is 11.7. The molecule has 0 amide bonds. The molecule has 0 unspecified atom stereocenters. The lowest BCUT2D eigenvalue weighted by Crippen LogP contribution is -2.12. The maximum atomic E-state index is 8.61. The molecule has 1 aromatic carbocycles. The van der Waals surface area contributed by atoms with E-state index in [1.807, 2.05) is 37.0 Å². The van der Waals surface area contributed by atoms with Gasteiger partial charge in [0.1, 0.15) is 0 Å². The molecule has 2 aromatic rings. The van der Waals surface area contributed by atoms with Crippen LogP contribution in [0, 0.1) is 11.5 Å². The molecule has 0 spiro atoms. The van der Waals surface area contributed by atoms with Gasteiger partial charge in [0, 0.05) is 6.54 Å². The Labute approximate surface area is 116 Å². The molecule has 6 heteroatoms. The number of nitrogens with zero attached hydrogens (tertiary/aromatic N) is 4. The van der Waals surface area contributed by atoms with Gasteiger partial charge in [0.15, 0.2) is 11.4 Å². The summed E-state index contributed by atoms with van der Waals surface area (Å²) in [7, 11) is 0. The van der Waals surface area contributed by atoms with Gasteiger partial charge >= 0.3 is 0 Å². The molecule has 98 valence electrons. The zero-order valence-corrected chi connectivity index (χ0v) is 11.7. The lowest BCUT2D eigenvalue weighted by molar-refractivity contribution is 0.697. The Morgan fingerprint density at radius 1 is 1.58 bits per heavy atom. The molecule has 0 aliphatic rings. The third-order valence-corrected chi connectivity index (χ3v) is 3.24. The Bertz CT molecular complexity index is 638. The van der Waals surface area contributed by atoms with Gasteiger partial charge in [0.25, 0.3) is 0 Å². The number of aryl methyl sites for hydroxylation is 1. The fraction of sp³-hybridized carbons (Fsp3) is 0.308. The standard InChI is InChI=1S/C13H15N5S/c1-3-6-18-9-16-11-7-10(4-5-12(11)18)17-13(19-2)15-8-14/h4-5,7,9H,3,6H2,1-2H3,(H,15,17). The highest BCUT2D eigenvalue weighted by Gasteiger charge is 2.03. The van der Waals surface area contributed by atoms with Crippen molar-refractivity contribution in [2.24, 2.45) is 4.99 Å². The van der Waals surface area contributed by atoms with Crippen LogP contribution in [-0.2, 0) is 6.54 Å². The van der Waals surface area contributed by atoms with Crippen LogP contribution in [-0.4, -0.2) is 21.0 Å². The number of thioether (sulfide) groups is 1. The van der Waals surface area contributed by atoms with E-state index in [1.165, 1.54) is 11.8 Å². The second kappa shape index (κ2) is 6.25. The number of aromatic nitrogens is 2. The minimum absolute atomic E-state index is 0.579. The smallest absolute Gasteiger partial charge is 0.183 e. The molecule has 1 aromatic heterocycles. The third kappa shape index (κ3) is 3.06. The van der Waals surface area contributed by atoms with Crippen molar-refractivity contribution < 1.29 is 0 Å². The van der Waals surface area contributed by atoms with Crippen LogP contribution >= 0.6 is 11.8 Å². The number of imidazole rings is 1. The predicted octanol–water partition coefficient (Wildman–Crippen LogP) is 2.87. The molecular formula is C13H15N5S. The number of nitriles is 1. The minimum Gasteiger partial charge on any atom is -0.331 e. The second-order valence-electron chi connectivity index (χ2n) is 3.97. The fourth-order valence-corrected chi connectivity index (χ4v) is 2.17. The van der Waals surface area contributed by atoms with E-state index in [-0.39, 0.29) is 0 Å². The molecule has 0 saturated heterocycles. The second-order valence-corrected chi connectivity index (χ2v) is 4.76. The molecule has 0 radical (unpaired) electrons. The number of nitrogens with one attached hydrogen (secondary N) is 1. The zero-order chi connectivity index (χ0) is 13.7. The first-order valence-corrected chi connectivity index (χ1v) is 7.23. The molecule has 1 N–H and O–H groups in total. The van der Waals surface area contributed by atoms with Crippen molar-refractivity contribution in [3.63, 3.8) is 0 Å². The SMILES string of the molecule is CCCn1cnc2cc(N=C(NC#N)SC)ccc21. The molecule has 0 fully saturated rings. The average molecular weight is 273 g/mol.